The maximum Gasteiger partial charge on any atom is 0.163 e. The highest BCUT2D eigenvalue weighted by Crippen LogP contribution is 2.57. The van der Waals surface area contributed by atoms with Crippen molar-refractivity contribution < 1.29 is 9.90 Å². The lowest BCUT2D eigenvalue weighted by atomic mass is 9.50. The van der Waals surface area contributed by atoms with Crippen molar-refractivity contribution in [2.75, 3.05) is 0 Å². The fourth-order valence-electron chi connectivity index (χ4n) is 5.01. The fourth-order valence-corrected chi connectivity index (χ4v) is 5.01. The van der Waals surface area contributed by atoms with E-state index in [0.29, 0.717) is 12.3 Å². The van der Waals surface area contributed by atoms with Crippen molar-refractivity contribution in [1.29, 1.82) is 0 Å². The molecule has 2 nitrogen and oxygen atoms in total. The maximum atomic E-state index is 12.7. The zero-order valence-electron chi connectivity index (χ0n) is 14.5. The maximum absolute atomic E-state index is 12.7. The summed E-state index contributed by atoms with van der Waals surface area (Å²) in [4.78, 5) is 12.7. The van der Waals surface area contributed by atoms with Gasteiger partial charge in [0.05, 0.1) is 0 Å². The van der Waals surface area contributed by atoms with Crippen LogP contribution < -0.4 is 0 Å². The van der Waals surface area contributed by atoms with Crippen LogP contribution in [-0.2, 0) is 5.41 Å². The van der Waals surface area contributed by atoms with Crippen LogP contribution in [0.2, 0.25) is 0 Å². The van der Waals surface area contributed by atoms with Gasteiger partial charge in [-0.2, -0.15) is 0 Å². The molecule has 1 N–H and O–H groups in total. The Bertz CT molecular complexity index is 627. The highest BCUT2D eigenvalue weighted by molar-refractivity contribution is 6.00. The molecule has 0 aliphatic heterocycles. The summed E-state index contributed by atoms with van der Waals surface area (Å²) >= 11 is 0. The Hall–Kier alpha value is -1.31. The summed E-state index contributed by atoms with van der Waals surface area (Å²) in [6.07, 6.45) is 4.18. The van der Waals surface area contributed by atoms with Crippen molar-refractivity contribution in [3.05, 3.63) is 28.8 Å². The zero-order chi connectivity index (χ0) is 16.3. The molecule has 2 unspecified atom stereocenters. The van der Waals surface area contributed by atoms with Gasteiger partial charge in [-0.3, -0.25) is 4.79 Å². The predicted molar refractivity (Wildman–Crippen MR) is 89.6 cm³/mol. The summed E-state index contributed by atoms with van der Waals surface area (Å²) in [6, 6.07) is 3.86. The van der Waals surface area contributed by atoms with Crippen LogP contribution in [0.15, 0.2) is 12.1 Å². The molecule has 0 aromatic heterocycles. The number of aromatic hydroxyl groups is 1. The number of benzene rings is 1. The number of carbonyl (C=O) groups excluding carboxylic acids is 1. The lowest BCUT2D eigenvalue weighted by Crippen LogP contribution is -2.49. The van der Waals surface area contributed by atoms with Gasteiger partial charge in [0.1, 0.15) is 5.75 Å². The van der Waals surface area contributed by atoms with Crippen molar-refractivity contribution >= 4 is 5.78 Å². The third-order valence-corrected chi connectivity index (χ3v) is 6.32. The molecule has 1 saturated carbocycles. The Morgan fingerprint density at radius 1 is 1.18 bits per heavy atom. The highest BCUT2D eigenvalue weighted by Gasteiger charge is 2.52. The molecule has 0 heterocycles. The van der Waals surface area contributed by atoms with Crippen molar-refractivity contribution in [2.45, 2.75) is 71.6 Å². The Kier molecular flexibility index (Phi) is 3.43. The molecule has 0 radical (unpaired) electrons. The van der Waals surface area contributed by atoms with Crippen molar-refractivity contribution in [2.24, 2.45) is 11.3 Å². The summed E-state index contributed by atoms with van der Waals surface area (Å²) in [5, 5.41) is 10.3. The molecule has 1 fully saturated rings. The number of rotatable bonds is 1. The Morgan fingerprint density at radius 2 is 1.86 bits per heavy atom. The van der Waals surface area contributed by atoms with Gasteiger partial charge in [0.15, 0.2) is 5.78 Å². The topological polar surface area (TPSA) is 37.3 Å². The molecule has 0 bridgehead atoms. The average molecular weight is 300 g/mol. The van der Waals surface area contributed by atoms with Gasteiger partial charge in [-0.25, -0.2) is 0 Å². The highest BCUT2D eigenvalue weighted by atomic mass is 16.3. The molecule has 2 atom stereocenters. The molecule has 3 rings (SSSR count). The van der Waals surface area contributed by atoms with Crippen molar-refractivity contribution in [3.8, 4) is 5.75 Å². The Labute approximate surface area is 133 Å². The fraction of sp³-hybridized carbons (Fsp3) is 0.650. The number of hydrogen-bond donors (Lipinski definition) is 1. The number of hydrogen-bond acceptors (Lipinski definition) is 2. The Balaban J connectivity index is 2.22. The number of Topliss-reactive ketones (excluding diaryl/α,β-unsaturated/α-hetero) is 1. The van der Waals surface area contributed by atoms with Gasteiger partial charge in [0, 0.05) is 12.0 Å². The van der Waals surface area contributed by atoms with Gasteiger partial charge < -0.3 is 5.11 Å². The second-order valence-corrected chi connectivity index (χ2v) is 8.55. The molecule has 0 saturated heterocycles. The van der Waals surface area contributed by atoms with E-state index < -0.39 is 0 Å². The summed E-state index contributed by atoms with van der Waals surface area (Å²) in [5.41, 5.74) is 3.18. The van der Waals surface area contributed by atoms with E-state index in [9.17, 15) is 9.90 Å². The second kappa shape index (κ2) is 4.84. The molecular weight excluding hydrogens is 272 g/mol. The number of phenolic OH excluding ortho intramolecular Hbond substituents is 1. The zero-order valence-corrected chi connectivity index (χ0v) is 14.5. The van der Waals surface area contributed by atoms with Crippen LogP contribution in [0.25, 0.3) is 0 Å². The van der Waals surface area contributed by atoms with Crippen molar-refractivity contribution in [3.63, 3.8) is 0 Å². The molecule has 1 aromatic carbocycles. The predicted octanol–water partition coefficient (Wildman–Crippen LogP) is 5.19. The number of ketones is 1. The standard InChI is InChI=1S/C20H28O2/c1-12(2)13-9-15-14(10-16(13)21)17(22)11-18-19(3,4)7-6-8-20(15,18)5/h9-10,12,18,21H,6-8,11H2,1-5H3. The van der Waals surface area contributed by atoms with Crippen LogP contribution in [0.3, 0.4) is 0 Å². The molecule has 2 aliphatic rings. The van der Waals surface area contributed by atoms with E-state index in [4.69, 9.17) is 0 Å². The van der Waals surface area contributed by atoms with Gasteiger partial charge >= 0.3 is 0 Å². The first-order valence-corrected chi connectivity index (χ1v) is 8.57. The van der Waals surface area contributed by atoms with E-state index in [1.807, 2.05) is 0 Å². The third kappa shape index (κ3) is 2.11. The van der Waals surface area contributed by atoms with E-state index >= 15 is 0 Å². The van der Waals surface area contributed by atoms with Crippen LogP contribution in [0.1, 0.15) is 87.7 Å². The second-order valence-electron chi connectivity index (χ2n) is 8.55. The van der Waals surface area contributed by atoms with Crippen molar-refractivity contribution in [1.82, 2.24) is 0 Å². The number of carbonyl (C=O) groups is 1. The minimum atomic E-state index is 0.0579. The summed E-state index contributed by atoms with van der Waals surface area (Å²) in [5.74, 6) is 1.15. The largest absolute Gasteiger partial charge is 0.508 e. The molecule has 0 spiro atoms. The first-order chi connectivity index (χ1) is 10.2. The molecule has 2 aliphatic carbocycles. The van der Waals surface area contributed by atoms with Crippen LogP contribution in [-0.4, -0.2) is 10.9 Å². The molecule has 1 aromatic rings. The minimum absolute atomic E-state index is 0.0579. The van der Waals surface area contributed by atoms with Crippen LogP contribution >= 0.6 is 0 Å². The van der Waals surface area contributed by atoms with Gasteiger partial charge in [0.25, 0.3) is 0 Å². The molecule has 0 amide bonds. The lowest BCUT2D eigenvalue weighted by Gasteiger charge is -2.54. The van der Waals surface area contributed by atoms with Crippen LogP contribution in [0, 0.1) is 11.3 Å². The summed E-state index contributed by atoms with van der Waals surface area (Å²) < 4.78 is 0. The minimum Gasteiger partial charge on any atom is -0.508 e. The van der Waals surface area contributed by atoms with Gasteiger partial charge in [-0.05, 0) is 52.7 Å². The summed E-state index contributed by atoms with van der Waals surface area (Å²) in [6.45, 7) is 11.2. The first kappa shape index (κ1) is 15.6. The van der Waals surface area contributed by atoms with Crippen LogP contribution in [0.4, 0.5) is 0 Å². The molecule has 2 heteroatoms. The lowest BCUT2D eigenvalue weighted by molar-refractivity contribution is 0.0367. The molecule has 120 valence electrons. The Morgan fingerprint density at radius 3 is 2.50 bits per heavy atom. The van der Waals surface area contributed by atoms with E-state index in [1.54, 1.807) is 6.07 Å². The average Bonchev–Trinajstić information content (AvgIpc) is 2.40. The van der Waals surface area contributed by atoms with Gasteiger partial charge in [-0.15, -0.1) is 0 Å². The SMILES string of the molecule is CC(C)c1cc2c(cc1O)C(=O)CC1C(C)(C)CCCC21C. The molecular formula is C20H28O2. The van der Waals surface area contributed by atoms with E-state index in [0.717, 1.165) is 17.5 Å². The monoisotopic (exact) mass is 300 g/mol. The summed E-state index contributed by atoms with van der Waals surface area (Å²) in [7, 11) is 0. The molecule has 22 heavy (non-hydrogen) atoms. The van der Waals surface area contributed by atoms with E-state index in [2.05, 4.69) is 40.7 Å². The van der Waals surface area contributed by atoms with E-state index in [-0.39, 0.29) is 28.3 Å². The van der Waals surface area contributed by atoms with E-state index in [1.165, 1.54) is 18.4 Å². The van der Waals surface area contributed by atoms with Crippen LogP contribution in [0.5, 0.6) is 5.75 Å². The van der Waals surface area contributed by atoms with Gasteiger partial charge in [-0.1, -0.05) is 47.1 Å². The normalized spacial score (nSPS) is 30.1. The third-order valence-electron chi connectivity index (χ3n) is 6.32. The number of fused-ring (bicyclic) bond motifs is 3. The first-order valence-electron chi connectivity index (χ1n) is 8.57. The van der Waals surface area contributed by atoms with Gasteiger partial charge in [0.2, 0.25) is 0 Å². The quantitative estimate of drug-likeness (QED) is 0.775. The number of phenols is 1. The smallest absolute Gasteiger partial charge is 0.163 e.